The number of rotatable bonds is 3. The summed E-state index contributed by atoms with van der Waals surface area (Å²) >= 11 is 5.86. The van der Waals surface area contributed by atoms with E-state index in [2.05, 4.69) is 5.18 Å². The van der Waals surface area contributed by atoms with Gasteiger partial charge in [0.25, 0.3) is 0 Å². The van der Waals surface area contributed by atoms with Gasteiger partial charge in [-0.3, -0.25) is 0 Å². The van der Waals surface area contributed by atoms with Crippen LogP contribution in [-0.4, -0.2) is 7.11 Å². The van der Waals surface area contributed by atoms with Crippen LogP contribution >= 0.6 is 11.6 Å². The van der Waals surface area contributed by atoms with Crippen molar-refractivity contribution in [3.63, 3.8) is 0 Å². The topological polar surface area (TPSA) is 38.7 Å². The zero-order chi connectivity index (χ0) is 9.84. The maximum Gasteiger partial charge on any atom is 0.137 e. The number of halogens is 1. The summed E-state index contributed by atoms with van der Waals surface area (Å²) in [5.74, 6) is 0.600. The molecule has 0 aliphatic rings. The Balaban J connectivity index is 3.02. The van der Waals surface area contributed by atoms with Crippen LogP contribution in [0.25, 0.3) is 0 Å². The first-order valence-electron chi connectivity index (χ1n) is 3.85. The predicted octanol–water partition coefficient (Wildman–Crippen LogP) is 3.18. The molecule has 1 rings (SSSR count). The third-order valence-corrected chi connectivity index (χ3v) is 2.11. The molecule has 1 unspecified atom stereocenters. The Morgan fingerprint density at radius 2 is 2.23 bits per heavy atom. The van der Waals surface area contributed by atoms with Crippen LogP contribution in [0.2, 0.25) is 5.02 Å². The van der Waals surface area contributed by atoms with E-state index >= 15 is 0 Å². The molecular formula is C9H10ClNO2. The monoisotopic (exact) mass is 199 g/mol. The molecular weight excluding hydrogens is 190 g/mol. The standard InChI is InChI=1S/C9H10ClNO2/c1-6(11-12)7-3-4-9(13-2)8(10)5-7/h3-6H,1-2H3. The molecule has 0 heterocycles. The van der Waals surface area contributed by atoms with Gasteiger partial charge in [0.05, 0.1) is 12.1 Å². The van der Waals surface area contributed by atoms with Crippen molar-refractivity contribution in [2.24, 2.45) is 5.18 Å². The molecule has 0 spiro atoms. The number of nitroso groups, excluding NO2 is 1. The minimum Gasteiger partial charge on any atom is -0.495 e. The third kappa shape index (κ3) is 2.18. The fourth-order valence-electron chi connectivity index (χ4n) is 1.00. The van der Waals surface area contributed by atoms with Crippen LogP contribution in [0.3, 0.4) is 0 Å². The fourth-order valence-corrected chi connectivity index (χ4v) is 1.27. The molecule has 70 valence electrons. The highest BCUT2D eigenvalue weighted by molar-refractivity contribution is 6.32. The van der Waals surface area contributed by atoms with Gasteiger partial charge >= 0.3 is 0 Å². The summed E-state index contributed by atoms with van der Waals surface area (Å²) < 4.78 is 4.97. The highest BCUT2D eigenvalue weighted by Crippen LogP contribution is 2.28. The zero-order valence-electron chi connectivity index (χ0n) is 7.45. The van der Waals surface area contributed by atoms with Gasteiger partial charge in [-0.2, -0.15) is 4.91 Å². The second-order valence-corrected chi connectivity index (χ2v) is 3.08. The molecule has 0 aromatic heterocycles. The average Bonchev–Trinajstić information content (AvgIpc) is 2.16. The smallest absolute Gasteiger partial charge is 0.137 e. The minimum atomic E-state index is -0.372. The van der Waals surface area contributed by atoms with E-state index in [-0.39, 0.29) is 6.04 Å². The van der Waals surface area contributed by atoms with Crippen LogP contribution < -0.4 is 4.74 Å². The maximum atomic E-state index is 10.2. The second kappa shape index (κ2) is 4.23. The molecule has 0 aliphatic heterocycles. The van der Waals surface area contributed by atoms with Gasteiger partial charge in [-0.05, 0) is 24.6 Å². The Hall–Kier alpha value is -1.09. The number of methoxy groups -OCH3 is 1. The molecule has 0 aliphatic carbocycles. The summed E-state index contributed by atoms with van der Waals surface area (Å²) in [5.41, 5.74) is 0.792. The lowest BCUT2D eigenvalue weighted by Gasteiger charge is -2.06. The van der Waals surface area contributed by atoms with Crippen molar-refractivity contribution in [2.45, 2.75) is 13.0 Å². The van der Waals surface area contributed by atoms with E-state index < -0.39 is 0 Å². The van der Waals surface area contributed by atoms with Crippen molar-refractivity contribution in [2.75, 3.05) is 7.11 Å². The van der Waals surface area contributed by atoms with E-state index in [0.29, 0.717) is 10.8 Å². The normalized spacial score (nSPS) is 12.2. The van der Waals surface area contributed by atoms with Gasteiger partial charge in [0.1, 0.15) is 11.8 Å². The Kier molecular flexibility index (Phi) is 3.25. The highest BCUT2D eigenvalue weighted by atomic mass is 35.5. The van der Waals surface area contributed by atoms with Crippen molar-refractivity contribution >= 4 is 11.6 Å². The van der Waals surface area contributed by atoms with E-state index in [1.54, 1.807) is 32.2 Å². The van der Waals surface area contributed by atoms with Crippen molar-refractivity contribution in [1.29, 1.82) is 0 Å². The minimum absolute atomic E-state index is 0.372. The summed E-state index contributed by atoms with van der Waals surface area (Å²) in [4.78, 5) is 10.2. The molecule has 13 heavy (non-hydrogen) atoms. The van der Waals surface area contributed by atoms with Crippen LogP contribution in [0.1, 0.15) is 18.5 Å². The van der Waals surface area contributed by atoms with Crippen molar-refractivity contribution in [1.82, 2.24) is 0 Å². The zero-order valence-corrected chi connectivity index (χ0v) is 8.21. The number of nitrogens with zero attached hydrogens (tertiary/aromatic N) is 1. The molecule has 3 nitrogen and oxygen atoms in total. The molecule has 1 atom stereocenters. The van der Waals surface area contributed by atoms with Crippen molar-refractivity contribution in [3.8, 4) is 5.75 Å². The fraction of sp³-hybridized carbons (Fsp3) is 0.333. The first-order valence-corrected chi connectivity index (χ1v) is 4.22. The largest absolute Gasteiger partial charge is 0.495 e. The summed E-state index contributed by atoms with van der Waals surface area (Å²) in [6.07, 6.45) is 0. The van der Waals surface area contributed by atoms with E-state index in [1.165, 1.54) is 0 Å². The van der Waals surface area contributed by atoms with Crippen LogP contribution in [0.5, 0.6) is 5.75 Å². The summed E-state index contributed by atoms with van der Waals surface area (Å²) in [7, 11) is 1.54. The van der Waals surface area contributed by atoms with Crippen molar-refractivity contribution in [3.05, 3.63) is 33.7 Å². The summed E-state index contributed by atoms with van der Waals surface area (Å²) in [6, 6.07) is 4.81. The van der Waals surface area contributed by atoms with Gasteiger partial charge in [-0.25, -0.2) is 0 Å². The first-order chi connectivity index (χ1) is 6.19. The second-order valence-electron chi connectivity index (χ2n) is 2.68. The van der Waals surface area contributed by atoms with Gasteiger partial charge in [0.15, 0.2) is 0 Å². The predicted molar refractivity (Wildman–Crippen MR) is 52.2 cm³/mol. The van der Waals surface area contributed by atoms with Crippen LogP contribution in [0.15, 0.2) is 23.4 Å². The molecule has 1 aromatic carbocycles. The molecule has 0 fully saturated rings. The van der Waals surface area contributed by atoms with E-state index in [4.69, 9.17) is 16.3 Å². The molecule has 0 radical (unpaired) electrons. The van der Waals surface area contributed by atoms with E-state index in [1.807, 2.05) is 0 Å². The third-order valence-electron chi connectivity index (χ3n) is 1.82. The number of hydrogen-bond donors (Lipinski definition) is 0. The Morgan fingerprint density at radius 1 is 1.54 bits per heavy atom. The summed E-state index contributed by atoms with van der Waals surface area (Å²) in [5, 5.41) is 3.40. The van der Waals surface area contributed by atoms with Crippen LogP contribution in [-0.2, 0) is 0 Å². The molecule has 0 N–H and O–H groups in total. The van der Waals surface area contributed by atoms with Gasteiger partial charge in [0.2, 0.25) is 0 Å². The maximum absolute atomic E-state index is 10.2. The van der Waals surface area contributed by atoms with Gasteiger partial charge in [-0.15, -0.1) is 0 Å². The number of benzene rings is 1. The molecule has 0 saturated carbocycles. The quantitative estimate of drug-likeness (QED) is 0.702. The molecule has 1 aromatic rings. The Bertz CT molecular complexity index is 314. The van der Waals surface area contributed by atoms with E-state index in [9.17, 15) is 4.91 Å². The van der Waals surface area contributed by atoms with Crippen molar-refractivity contribution < 1.29 is 4.74 Å². The molecule has 4 heteroatoms. The van der Waals surface area contributed by atoms with Gasteiger partial charge < -0.3 is 4.74 Å². The lowest BCUT2D eigenvalue weighted by Crippen LogP contribution is -1.90. The van der Waals surface area contributed by atoms with Gasteiger partial charge in [0, 0.05) is 0 Å². The molecule has 0 amide bonds. The van der Waals surface area contributed by atoms with E-state index in [0.717, 1.165) is 5.56 Å². The Labute approximate surface area is 81.6 Å². The van der Waals surface area contributed by atoms with Crippen LogP contribution in [0, 0.1) is 4.91 Å². The van der Waals surface area contributed by atoms with Crippen LogP contribution in [0.4, 0.5) is 0 Å². The first kappa shape index (κ1) is 9.99. The number of hydrogen-bond acceptors (Lipinski definition) is 3. The lowest BCUT2D eigenvalue weighted by molar-refractivity contribution is 0.415. The summed E-state index contributed by atoms with van der Waals surface area (Å²) in [6.45, 7) is 1.71. The molecule has 0 saturated heterocycles. The average molecular weight is 200 g/mol. The molecule has 0 bridgehead atoms. The van der Waals surface area contributed by atoms with Gasteiger partial charge in [-0.1, -0.05) is 22.8 Å². The highest BCUT2D eigenvalue weighted by Gasteiger charge is 2.07. The number of ether oxygens (including phenoxy) is 1. The SMILES string of the molecule is COc1ccc(C(C)N=O)cc1Cl. The lowest BCUT2D eigenvalue weighted by atomic mass is 10.1. The Morgan fingerprint density at radius 3 is 2.69 bits per heavy atom.